The number of benzene rings is 2. The van der Waals surface area contributed by atoms with Crippen LogP contribution < -0.4 is 0 Å². The maximum absolute atomic E-state index is 9.38. The zero-order valence-corrected chi connectivity index (χ0v) is 10.4. The van der Waals surface area contributed by atoms with E-state index in [9.17, 15) is 10.2 Å². The predicted octanol–water partition coefficient (Wildman–Crippen LogP) is 4.30. The minimum absolute atomic E-state index is 0.198. The van der Waals surface area contributed by atoms with Gasteiger partial charge in [0.2, 0.25) is 0 Å². The lowest BCUT2D eigenvalue weighted by Gasteiger charge is -2.01. The van der Waals surface area contributed by atoms with E-state index in [1.807, 2.05) is 39.8 Å². The van der Waals surface area contributed by atoms with Crippen LogP contribution in [-0.2, 0) is 0 Å². The smallest absolute Gasteiger partial charge is 0.123 e. The minimum Gasteiger partial charge on any atom is -0.507 e. The Kier molecular flexibility index (Phi) is 6.77. The SMILES string of the molecule is CC.CC.Oc1ccc(O)c2ccccc12. The monoisotopic (exact) mass is 220 g/mol. The van der Waals surface area contributed by atoms with Crippen LogP contribution in [0.1, 0.15) is 27.7 Å². The third-order valence-electron chi connectivity index (χ3n) is 1.88. The number of aromatic hydroxyl groups is 2. The van der Waals surface area contributed by atoms with E-state index in [0.717, 1.165) is 0 Å². The quantitative estimate of drug-likeness (QED) is 0.650. The molecule has 2 heteroatoms. The molecule has 0 aliphatic carbocycles. The molecule has 0 aliphatic rings. The van der Waals surface area contributed by atoms with Crippen molar-refractivity contribution in [2.45, 2.75) is 27.7 Å². The van der Waals surface area contributed by atoms with Crippen molar-refractivity contribution in [2.24, 2.45) is 0 Å². The lowest BCUT2D eigenvalue weighted by molar-refractivity contribution is 0.469. The highest BCUT2D eigenvalue weighted by atomic mass is 16.3. The van der Waals surface area contributed by atoms with Crippen LogP contribution in [0.4, 0.5) is 0 Å². The number of phenolic OH excluding ortho intramolecular Hbond substituents is 2. The van der Waals surface area contributed by atoms with E-state index < -0.39 is 0 Å². The van der Waals surface area contributed by atoms with Gasteiger partial charge in [-0.3, -0.25) is 0 Å². The third-order valence-corrected chi connectivity index (χ3v) is 1.88. The number of fused-ring (bicyclic) bond motifs is 1. The first-order valence-corrected chi connectivity index (χ1v) is 5.69. The molecule has 2 aromatic rings. The Morgan fingerprint density at radius 3 is 1.25 bits per heavy atom. The molecule has 0 fully saturated rings. The molecule has 0 bridgehead atoms. The molecule has 2 rings (SSSR count). The second kappa shape index (κ2) is 7.57. The number of hydrogen-bond donors (Lipinski definition) is 2. The van der Waals surface area contributed by atoms with Gasteiger partial charge in [0.25, 0.3) is 0 Å². The molecule has 16 heavy (non-hydrogen) atoms. The molecule has 88 valence electrons. The molecule has 2 N–H and O–H groups in total. The zero-order chi connectivity index (χ0) is 12.6. The lowest BCUT2D eigenvalue weighted by atomic mass is 10.1. The molecule has 0 heterocycles. The van der Waals surface area contributed by atoms with Gasteiger partial charge >= 0.3 is 0 Å². The Hall–Kier alpha value is -1.70. The number of hydrogen-bond acceptors (Lipinski definition) is 2. The molecule has 0 unspecified atom stereocenters. The van der Waals surface area contributed by atoms with Crippen molar-refractivity contribution in [3.63, 3.8) is 0 Å². The van der Waals surface area contributed by atoms with Crippen molar-refractivity contribution in [2.75, 3.05) is 0 Å². The van der Waals surface area contributed by atoms with Gasteiger partial charge in [0.1, 0.15) is 11.5 Å². The van der Waals surface area contributed by atoms with E-state index in [4.69, 9.17) is 0 Å². The number of rotatable bonds is 0. The first kappa shape index (κ1) is 14.3. The summed E-state index contributed by atoms with van der Waals surface area (Å²) >= 11 is 0. The second-order valence-electron chi connectivity index (χ2n) is 2.65. The highest BCUT2D eigenvalue weighted by Crippen LogP contribution is 2.30. The average Bonchev–Trinajstić information content (AvgIpc) is 2.39. The topological polar surface area (TPSA) is 40.5 Å². The Balaban J connectivity index is 0.000000509. The van der Waals surface area contributed by atoms with Crippen LogP contribution in [0.15, 0.2) is 36.4 Å². The normalized spacial score (nSPS) is 8.50. The van der Waals surface area contributed by atoms with Gasteiger partial charge in [0, 0.05) is 10.8 Å². The van der Waals surface area contributed by atoms with Crippen molar-refractivity contribution in [3.05, 3.63) is 36.4 Å². The highest BCUT2D eigenvalue weighted by molar-refractivity contribution is 5.92. The Bertz CT molecular complexity index is 382. The van der Waals surface area contributed by atoms with Gasteiger partial charge in [-0.1, -0.05) is 52.0 Å². The van der Waals surface area contributed by atoms with Crippen LogP contribution in [0.2, 0.25) is 0 Å². The maximum atomic E-state index is 9.38. The summed E-state index contributed by atoms with van der Waals surface area (Å²) in [5, 5.41) is 20.1. The Morgan fingerprint density at radius 2 is 0.938 bits per heavy atom. The van der Waals surface area contributed by atoms with Gasteiger partial charge in [0.05, 0.1) is 0 Å². The van der Waals surface area contributed by atoms with Gasteiger partial charge in [-0.2, -0.15) is 0 Å². The van der Waals surface area contributed by atoms with Crippen molar-refractivity contribution in [3.8, 4) is 11.5 Å². The van der Waals surface area contributed by atoms with E-state index >= 15 is 0 Å². The van der Waals surface area contributed by atoms with Gasteiger partial charge in [-0.05, 0) is 12.1 Å². The molecular formula is C14H20O2. The highest BCUT2D eigenvalue weighted by Gasteiger charge is 2.01. The predicted molar refractivity (Wildman–Crippen MR) is 70.0 cm³/mol. The summed E-state index contributed by atoms with van der Waals surface area (Å²) < 4.78 is 0. The molecule has 0 aromatic heterocycles. The first-order chi connectivity index (χ1) is 7.79. The first-order valence-electron chi connectivity index (χ1n) is 5.69. The molecule has 0 atom stereocenters. The molecule has 0 radical (unpaired) electrons. The minimum atomic E-state index is 0.198. The lowest BCUT2D eigenvalue weighted by Crippen LogP contribution is -1.73. The molecule has 2 nitrogen and oxygen atoms in total. The summed E-state index contributed by atoms with van der Waals surface area (Å²) in [6.45, 7) is 8.00. The van der Waals surface area contributed by atoms with E-state index in [0.29, 0.717) is 10.8 Å². The Morgan fingerprint density at radius 1 is 0.625 bits per heavy atom. The summed E-state index contributed by atoms with van der Waals surface area (Å²) in [6, 6.07) is 10.1. The van der Waals surface area contributed by atoms with E-state index in [-0.39, 0.29) is 11.5 Å². The van der Waals surface area contributed by atoms with Crippen LogP contribution in [0.3, 0.4) is 0 Å². The van der Waals surface area contributed by atoms with Gasteiger partial charge in [-0.15, -0.1) is 0 Å². The Labute approximate surface area is 97.2 Å². The van der Waals surface area contributed by atoms with Crippen LogP contribution in [0.5, 0.6) is 11.5 Å². The van der Waals surface area contributed by atoms with Gasteiger partial charge in [-0.25, -0.2) is 0 Å². The molecule has 0 saturated heterocycles. The fourth-order valence-corrected chi connectivity index (χ4v) is 1.27. The summed E-state index contributed by atoms with van der Waals surface area (Å²) in [5.41, 5.74) is 0. The molecule has 0 saturated carbocycles. The summed E-state index contributed by atoms with van der Waals surface area (Å²) in [7, 11) is 0. The van der Waals surface area contributed by atoms with Crippen molar-refractivity contribution in [1.29, 1.82) is 0 Å². The summed E-state index contributed by atoms with van der Waals surface area (Å²) in [6.07, 6.45) is 0. The second-order valence-corrected chi connectivity index (χ2v) is 2.65. The molecular weight excluding hydrogens is 200 g/mol. The molecule has 0 spiro atoms. The maximum Gasteiger partial charge on any atom is 0.123 e. The fourth-order valence-electron chi connectivity index (χ4n) is 1.27. The summed E-state index contributed by atoms with van der Waals surface area (Å²) in [5.74, 6) is 0.395. The van der Waals surface area contributed by atoms with Crippen molar-refractivity contribution in [1.82, 2.24) is 0 Å². The van der Waals surface area contributed by atoms with Crippen LogP contribution >= 0.6 is 0 Å². The standard InChI is InChI=1S/C10H8O2.2C2H6/c11-9-5-6-10(12)8-4-2-1-3-7(8)9;2*1-2/h1-6,11-12H;2*1-2H3. The van der Waals surface area contributed by atoms with Crippen molar-refractivity contribution >= 4 is 10.8 Å². The van der Waals surface area contributed by atoms with Gasteiger partial charge < -0.3 is 10.2 Å². The molecule has 2 aromatic carbocycles. The molecule has 0 amide bonds. The van der Waals surface area contributed by atoms with E-state index in [2.05, 4.69) is 0 Å². The zero-order valence-electron chi connectivity index (χ0n) is 10.4. The third kappa shape index (κ3) is 3.16. The average molecular weight is 220 g/mol. The van der Waals surface area contributed by atoms with E-state index in [1.165, 1.54) is 12.1 Å². The van der Waals surface area contributed by atoms with E-state index in [1.54, 1.807) is 12.1 Å². The number of phenols is 2. The van der Waals surface area contributed by atoms with Crippen LogP contribution in [0, 0.1) is 0 Å². The summed E-state index contributed by atoms with van der Waals surface area (Å²) in [4.78, 5) is 0. The van der Waals surface area contributed by atoms with Crippen molar-refractivity contribution < 1.29 is 10.2 Å². The molecule has 0 aliphatic heterocycles. The fraction of sp³-hybridized carbons (Fsp3) is 0.286. The van der Waals surface area contributed by atoms with Gasteiger partial charge in [0.15, 0.2) is 0 Å². The van der Waals surface area contributed by atoms with Crippen LogP contribution in [0.25, 0.3) is 10.8 Å². The largest absolute Gasteiger partial charge is 0.507 e. The van der Waals surface area contributed by atoms with Crippen LogP contribution in [-0.4, -0.2) is 10.2 Å².